The van der Waals surface area contributed by atoms with Crippen LogP contribution in [0.25, 0.3) is 0 Å². The lowest BCUT2D eigenvalue weighted by molar-refractivity contribution is -0.142. The number of rotatable bonds is 7. The van der Waals surface area contributed by atoms with Crippen molar-refractivity contribution in [2.75, 3.05) is 13.7 Å². The summed E-state index contributed by atoms with van der Waals surface area (Å²) in [6, 6.07) is 8.35. The smallest absolute Gasteiger partial charge is 0.343 e. The minimum Gasteiger partial charge on any atom is -0.481 e. The van der Waals surface area contributed by atoms with Crippen molar-refractivity contribution in [1.29, 1.82) is 0 Å². The molecule has 1 heterocycles. The van der Waals surface area contributed by atoms with Gasteiger partial charge in [-0.05, 0) is 42.0 Å². The van der Waals surface area contributed by atoms with Crippen molar-refractivity contribution in [1.82, 2.24) is 5.32 Å². The molecule has 2 rings (SSSR count). The molecule has 0 radical (unpaired) electrons. The van der Waals surface area contributed by atoms with Gasteiger partial charge in [0.2, 0.25) is 0 Å². The van der Waals surface area contributed by atoms with Crippen LogP contribution in [0.3, 0.4) is 0 Å². The van der Waals surface area contributed by atoms with Crippen LogP contribution in [-0.4, -0.2) is 19.7 Å². The van der Waals surface area contributed by atoms with E-state index in [4.69, 9.17) is 4.74 Å². The van der Waals surface area contributed by atoms with E-state index in [0.29, 0.717) is 0 Å². The lowest BCUT2D eigenvalue weighted by Crippen LogP contribution is -2.15. The summed E-state index contributed by atoms with van der Waals surface area (Å²) < 4.78 is 10.1. The molecule has 0 aliphatic rings. The molecule has 0 bridgehead atoms. The Morgan fingerprint density at radius 2 is 1.95 bits per heavy atom. The minimum atomic E-state index is -0.375. The standard InChI is InChI=1S/C17H21NO3S/c1-12-7-14(9-18-10-15-5-4-6-22-15)8-13(2)17(12)21-11-16(19)20-3/h4-8,18H,9-11H2,1-3H3. The average Bonchev–Trinajstić information content (AvgIpc) is 2.99. The molecule has 0 unspecified atom stereocenters. The number of ether oxygens (including phenoxy) is 2. The third-order valence-electron chi connectivity index (χ3n) is 3.29. The summed E-state index contributed by atoms with van der Waals surface area (Å²) in [5.41, 5.74) is 3.26. The molecule has 0 saturated heterocycles. The number of esters is 1. The molecule has 118 valence electrons. The number of hydrogen-bond donors (Lipinski definition) is 1. The molecular formula is C17H21NO3S. The van der Waals surface area contributed by atoms with Crippen LogP contribution in [-0.2, 0) is 22.6 Å². The Morgan fingerprint density at radius 1 is 1.23 bits per heavy atom. The van der Waals surface area contributed by atoms with E-state index in [0.717, 1.165) is 30.0 Å². The molecular weight excluding hydrogens is 298 g/mol. The van der Waals surface area contributed by atoms with Crippen molar-refractivity contribution in [3.05, 3.63) is 51.2 Å². The highest BCUT2D eigenvalue weighted by molar-refractivity contribution is 7.09. The van der Waals surface area contributed by atoms with Gasteiger partial charge in [0.1, 0.15) is 5.75 Å². The van der Waals surface area contributed by atoms with Gasteiger partial charge in [-0.1, -0.05) is 18.2 Å². The second-order valence-corrected chi connectivity index (χ2v) is 6.14. The maximum absolute atomic E-state index is 11.2. The quantitative estimate of drug-likeness (QED) is 0.796. The summed E-state index contributed by atoms with van der Waals surface area (Å²) in [7, 11) is 1.35. The van der Waals surface area contributed by atoms with E-state index in [9.17, 15) is 4.79 Å². The molecule has 0 amide bonds. The number of aryl methyl sites for hydroxylation is 2. The van der Waals surface area contributed by atoms with Crippen molar-refractivity contribution in [3.8, 4) is 5.75 Å². The van der Waals surface area contributed by atoms with Crippen LogP contribution in [0.5, 0.6) is 5.75 Å². The summed E-state index contributed by atoms with van der Waals surface area (Å²) in [6.45, 7) is 5.59. The first-order chi connectivity index (χ1) is 10.6. The van der Waals surface area contributed by atoms with Gasteiger partial charge in [0.25, 0.3) is 0 Å². The number of carbonyl (C=O) groups excluding carboxylic acids is 1. The Labute approximate surface area is 135 Å². The van der Waals surface area contributed by atoms with Crippen molar-refractivity contribution in [2.24, 2.45) is 0 Å². The van der Waals surface area contributed by atoms with Gasteiger partial charge in [0.05, 0.1) is 7.11 Å². The van der Waals surface area contributed by atoms with Crippen LogP contribution >= 0.6 is 11.3 Å². The molecule has 0 aliphatic carbocycles. The van der Waals surface area contributed by atoms with Crippen molar-refractivity contribution < 1.29 is 14.3 Å². The van der Waals surface area contributed by atoms with Crippen LogP contribution in [0.1, 0.15) is 21.6 Å². The highest BCUT2D eigenvalue weighted by Crippen LogP contribution is 2.25. The Kier molecular flexibility index (Phi) is 5.98. The molecule has 1 N–H and O–H groups in total. The zero-order valence-corrected chi connectivity index (χ0v) is 14.0. The monoisotopic (exact) mass is 319 g/mol. The first-order valence-corrected chi connectivity index (χ1v) is 8.01. The Bertz CT molecular complexity index is 600. The highest BCUT2D eigenvalue weighted by Gasteiger charge is 2.09. The maximum atomic E-state index is 11.2. The molecule has 5 heteroatoms. The number of nitrogens with one attached hydrogen (secondary N) is 1. The summed E-state index contributed by atoms with van der Waals surface area (Å²) >= 11 is 1.75. The lowest BCUT2D eigenvalue weighted by atomic mass is 10.1. The predicted molar refractivity (Wildman–Crippen MR) is 88.3 cm³/mol. The van der Waals surface area contributed by atoms with Gasteiger partial charge in [0, 0.05) is 18.0 Å². The number of benzene rings is 1. The second kappa shape index (κ2) is 7.96. The van der Waals surface area contributed by atoms with Crippen LogP contribution in [0.15, 0.2) is 29.6 Å². The Morgan fingerprint density at radius 3 is 2.55 bits per heavy atom. The third kappa shape index (κ3) is 4.58. The number of methoxy groups -OCH3 is 1. The fourth-order valence-electron chi connectivity index (χ4n) is 2.30. The molecule has 22 heavy (non-hydrogen) atoms. The molecule has 1 aromatic carbocycles. The first kappa shape index (κ1) is 16.5. The summed E-state index contributed by atoms with van der Waals surface area (Å²) in [5.74, 6) is 0.382. The van der Waals surface area contributed by atoms with Crippen LogP contribution in [0, 0.1) is 13.8 Å². The minimum absolute atomic E-state index is 0.0614. The first-order valence-electron chi connectivity index (χ1n) is 7.13. The fraction of sp³-hybridized carbons (Fsp3) is 0.353. The predicted octanol–water partition coefficient (Wildman–Crippen LogP) is 3.21. The number of hydrogen-bond acceptors (Lipinski definition) is 5. The molecule has 0 saturated carbocycles. The van der Waals surface area contributed by atoms with Gasteiger partial charge < -0.3 is 14.8 Å². The molecule has 2 aromatic rings. The van der Waals surface area contributed by atoms with E-state index in [2.05, 4.69) is 39.7 Å². The normalized spacial score (nSPS) is 10.5. The van der Waals surface area contributed by atoms with E-state index >= 15 is 0 Å². The van der Waals surface area contributed by atoms with Crippen molar-refractivity contribution in [3.63, 3.8) is 0 Å². The zero-order chi connectivity index (χ0) is 15.9. The number of thiophene rings is 1. The largest absolute Gasteiger partial charge is 0.481 e. The van der Waals surface area contributed by atoms with Crippen LogP contribution < -0.4 is 10.1 Å². The summed E-state index contributed by atoms with van der Waals surface area (Å²) in [6.07, 6.45) is 0. The van der Waals surface area contributed by atoms with Gasteiger partial charge in [-0.3, -0.25) is 0 Å². The van der Waals surface area contributed by atoms with E-state index in [1.54, 1.807) is 11.3 Å². The summed E-state index contributed by atoms with van der Waals surface area (Å²) in [4.78, 5) is 12.5. The molecule has 0 spiro atoms. The van der Waals surface area contributed by atoms with Gasteiger partial charge in [-0.15, -0.1) is 11.3 Å². The van der Waals surface area contributed by atoms with E-state index in [-0.39, 0.29) is 12.6 Å². The van der Waals surface area contributed by atoms with Gasteiger partial charge >= 0.3 is 5.97 Å². The average molecular weight is 319 g/mol. The summed E-state index contributed by atoms with van der Waals surface area (Å²) in [5, 5.41) is 5.51. The van der Waals surface area contributed by atoms with Crippen molar-refractivity contribution in [2.45, 2.75) is 26.9 Å². The SMILES string of the molecule is COC(=O)COc1c(C)cc(CNCc2cccs2)cc1C. The topological polar surface area (TPSA) is 47.6 Å². The van der Waals surface area contributed by atoms with E-state index in [1.165, 1.54) is 17.6 Å². The highest BCUT2D eigenvalue weighted by atomic mass is 32.1. The lowest BCUT2D eigenvalue weighted by Gasteiger charge is -2.13. The zero-order valence-electron chi connectivity index (χ0n) is 13.1. The molecule has 0 fully saturated rings. The van der Waals surface area contributed by atoms with Gasteiger partial charge in [-0.25, -0.2) is 4.79 Å². The van der Waals surface area contributed by atoms with Crippen molar-refractivity contribution >= 4 is 17.3 Å². The number of carbonyl (C=O) groups is 1. The van der Waals surface area contributed by atoms with Crippen LogP contribution in [0.4, 0.5) is 0 Å². The third-order valence-corrected chi connectivity index (χ3v) is 4.17. The molecule has 0 aliphatic heterocycles. The Balaban J connectivity index is 1.94. The van der Waals surface area contributed by atoms with Gasteiger partial charge in [0.15, 0.2) is 6.61 Å². The van der Waals surface area contributed by atoms with Gasteiger partial charge in [-0.2, -0.15) is 0 Å². The Hall–Kier alpha value is -1.85. The second-order valence-electron chi connectivity index (χ2n) is 5.11. The fourth-order valence-corrected chi connectivity index (χ4v) is 2.98. The van der Waals surface area contributed by atoms with E-state index < -0.39 is 0 Å². The maximum Gasteiger partial charge on any atom is 0.343 e. The molecule has 4 nitrogen and oxygen atoms in total. The van der Waals surface area contributed by atoms with Crippen LogP contribution in [0.2, 0.25) is 0 Å². The molecule has 0 atom stereocenters. The molecule has 1 aromatic heterocycles. The van der Waals surface area contributed by atoms with E-state index in [1.807, 2.05) is 13.8 Å².